The van der Waals surface area contributed by atoms with Gasteiger partial charge < -0.3 is 15.0 Å². The quantitative estimate of drug-likeness (QED) is 0.892. The van der Waals surface area contributed by atoms with E-state index in [1.165, 1.54) is 18.3 Å². The second kappa shape index (κ2) is 6.06. The maximum absolute atomic E-state index is 12.0. The van der Waals surface area contributed by atoms with Gasteiger partial charge in [0.15, 0.2) is 0 Å². The fourth-order valence-corrected chi connectivity index (χ4v) is 1.81. The van der Waals surface area contributed by atoms with E-state index in [0.29, 0.717) is 5.56 Å². The highest BCUT2D eigenvalue weighted by atomic mass is 16.5. The topological polar surface area (TPSA) is 71.2 Å². The molecule has 0 bridgehead atoms. The van der Waals surface area contributed by atoms with Crippen LogP contribution in [0.15, 0.2) is 47.4 Å². The first-order chi connectivity index (χ1) is 9.60. The van der Waals surface area contributed by atoms with E-state index < -0.39 is 0 Å². The number of ether oxygens (including phenoxy) is 1. The van der Waals surface area contributed by atoms with Crippen molar-refractivity contribution < 1.29 is 9.53 Å². The van der Waals surface area contributed by atoms with Gasteiger partial charge in [-0.1, -0.05) is 12.1 Å². The number of benzene rings is 1. The Bertz CT molecular complexity index is 626. The molecular formula is C15H16N2O3. The van der Waals surface area contributed by atoms with E-state index in [1.54, 1.807) is 7.11 Å². The van der Waals surface area contributed by atoms with Crippen molar-refractivity contribution in [1.82, 2.24) is 10.3 Å². The number of pyridine rings is 1. The summed E-state index contributed by atoms with van der Waals surface area (Å²) in [5, 5.41) is 2.87. The van der Waals surface area contributed by atoms with Crippen molar-refractivity contribution in [1.29, 1.82) is 0 Å². The summed E-state index contributed by atoms with van der Waals surface area (Å²) >= 11 is 0. The second-order valence-electron chi connectivity index (χ2n) is 4.41. The van der Waals surface area contributed by atoms with Gasteiger partial charge in [-0.05, 0) is 30.7 Å². The van der Waals surface area contributed by atoms with Crippen molar-refractivity contribution in [2.24, 2.45) is 0 Å². The van der Waals surface area contributed by atoms with Gasteiger partial charge in [-0.3, -0.25) is 9.59 Å². The molecule has 5 nitrogen and oxygen atoms in total. The molecule has 0 aliphatic heterocycles. The van der Waals surface area contributed by atoms with Crippen LogP contribution in [-0.2, 0) is 0 Å². The van der Waals surface area contributed by atoms with Gasteiger partial charge in [0.2, 0.25) is 5.56 Å². The number of amides is 1. The minimum absolute atomic E-state index is 0.139. The van der Waals surface area contributed by atoms with Gasteiger partial charge in [-0.2, -0.15) is 0 Å². The average molecular weight is 272 g/mol. The minimum atomic E-state index is -0.232. The van der Waals surface area contributed by atoms with Crippen LogP contribution in [0.1, 0.15) is 28.9 Å². The molecule has 2 aromatic rings. The molecule has 0 radical (unpaired) electrons. The van der Waals surface area contributed by atoms with Gasteiger partial charge >= 0.3 is 0 Å². The van der Waals surface area contributed by atoms with Gasteiger partial charge in [0, 0.05) is 12.3 Å². The number of nitrogens with one attached hydrogen (secondary N) is 2. The van der Waals surface area contributed by atoms with Gasteiger partial charge in [-0.25, -0.2) is 0 Å². The fraction of sp³-hybridized carbons (Fsp3) is 0.200. The monoisotopic (exact) mass is 272 g/mol. The maximum atomic E-state index is 12.0. The molecule has 1 amide bonds. The number of aromatic amines is 1. The van der Waals surface area contributed by atoms with Gasteiger partial charge in [0.05, 0.1) is 18.7 Å². The summed E-state index contributed by atoms with van der Waals surface area (Å²) in [5.41, 5.74) is 1.17. The van der Waals surface area contributed by atoms with E-state index in [-0.39, 0.29) is 17.5 Å². The summed E-state index contributed by atoms with van der Waals surface area (Å²) in [6.07, 6.45) is 1.40. The van der Waals surface area contributed by atoms with Crippen LogP contribution in [0.2, 0.25) is 0 Å². The lowest BCUT2D eigenvalue weighted by Crippen LogP contribution is -2.27. The van der Waals surface area contributed by atoms with E-state index in [9.17, 15) is 9.59 Å². The molecule has 0 aliphatic carbocycles. The van der Waals surface area contributed by atoms with Gasteiger partial charge in [0.1, 0.15) is 5.75 Å². The molecule has 0 spiro atoms. The third kappa shape index (κ3) is 3.26. The van der Waals surface area contributed by atoms with Crippen LogP contribution in [-0.4, -0.2) is 18.0 Å². The van der Waals surface area contributed by atoms with Crippen LogP contribution in [0.4, 0.5) is 0 Å². The Morgan fingerprint density at radius 3 is 2.45 bits per heavy atom. The number of rotatable bonds is 4. The zero-order valence-corrected chi connectivity index (χ0v) is 11.3. The summed E-state index contributed by atoms with van der Waals surface area (Å²) in [4.78, 5) is 25.4. The number of H-pyrrole nitrogens is 1. The van der Waals surface area contributed by atoms with Crippen LogP contribution >= 0.6 is 0 Å². The van der Waals surface area contributed by atoms with Gasteiger partial charge in [0.25, 0.3) is 5.91 Å². The number of hydrogen-bond donors (Lipinski definition) is 2. The van der Waals surface area contributed by atoms with Crippen molar-refractivity contribution >= 4 is 5.91 Å². The van der Waals surface area contributed by atoms with E-state index >= 15 is 0 Å². The molecule has 104 valence electrons. The summed E-state index contributed by atoms with van der Waals surface area (Å²) in [6, 6.07) is 10.2. The normalized spacial score (nSPS) is 11.7. The highest BCUT2D eigenvalue weighted by molar-refractivity contribution is 5.94. The first-order valence-corrected chi connectivity index (χ1v) is 6.23. The van der Waals surface area contributed by atoms with Crippen LogP contribution in [0.5, 0.6) is 5.75 Å². The number of aromatic nitrogens is 1. The molecule has 1 heterocycles. The predicted octanol–water partition coefficient (Wildman–Crippen LogP) is 1.87. The van der Waals surface area contributed by atoms with E-state index in [2.05, 4.69) is 10.3 Å². The Morgan fingerprint density at radius 1 is 1.20 bits per heavy atom. The molecule has 5 heteroatoms. The molecule has 1 aromatic carbocycles. The molecule has 2 N–H and O–H groups in total. The lowest BCUT2D eigenvalue weighted by Gasteiger charge is -2.14. The molecule has 20 heavy (non-hydrogen) atoms. The molecule has 0 fully saturated rings. The smallest absolute Gasteiger partial charge is 0.253 e. The summed E-state index contributed by atoms with van der Waals surface area (Å²) in [5.74, 6) is 0.539. The Balaban J connectivity index is 2.06. The zero-order valence-electron chi connectivity index (χ0n) is 11.3. The molecule has 0 saturated carbocycles. The fourth-order valence-electron chi connectivity index (χ4n) is 1.81. The Kier molecular flexibility index (Phi) is 4.20. The molecule has 0 saturated heterocycles. The zero-order chi connectivity index (χ0) is 14.5. The van der Waals surface area contributed by atoms with Crippen LogP contribution in [0.3, 0.4) is 0 Å². The third-order valence-electron chi connectivity index (χ3n) is 3.01. The first kappa shape index (κ1) is 13.9. The van der Waals surface area contributed by atoms with Crippen molar-refractivity contribution in [3.8, 4) is 5.75 Å². The average Bonchev–Trinajstić information content (AvgIpc) is 2.48. The molecule has 1 aromatic heterocycles. The predicted molar refractivity (Wildman–Crippen MR) is 75.9 cm³/mol. The summed E-state index contributed by atoms with van der Waals surface area (Å²) < 4.78 is 5.09. The van der Waals surface area contributed by atoms with Crippen LogP contribution in [0.25, 0.3) is 0 Å². The molecule has 1 atom stereocenters. The lowest BCUT2D eigenvalue weighted by molar-refractivity contribution is 0.0939. The third-order valence-corrected chi connectivity index (χ3v) is 3.01. The number of methoxy groups -OCH3 is 1. The highest BCUT2D eigenvalue weighted by Gasteiger charge is 2.11. The Labute approximate surface area is 116 Å². The molecule has 2 rings (SSSR count). The Hall–Kier alpha value is -2.56. The van der Waals surface area contributed by atoms with Crippen molar-refractivity contribution in [2.75, 3.05) is 7.11 Å². The lowest BCUT2D eigenvalue weighted by atomic mass is 10.1. The second-order valence-corrected chi connectivity index (χ2v) is 4.41. The molecule has 1 unspecified atom stereocenters. The largest absolute Gasteiger partial charge is 0.497 e. The molecular weight excluding hydrogens is 256 g/mol. The first-order valence-electron chi connectivity index (χ1n) is 6.23. The molecule has 0 aliphatic rings. The van der Waals surface area contributed by atoms with Crippen molar-refractivity contribution in [3.05, 3.63) is 64.1 Å². The number of carbonyl (C=O) groups excluding carboxylic acids is 1. The number of carbonyl (C=O) groups is 1. The standard InChI is InChI=1S/C15H16N2O3/c1-10(11-3-6-13(20-2)7-4-11)17-15(19)12-5-8-14(18)16-9-12/h3-10H,1-2H3,(H,16,18)(H,17,19). The summed E-state index contributed by atoms with van der Waals surface area (Å²) in [7, 11) is 1.61. The maximum Gasteiger partial charge on any atom is 0.253 e. The number of hydrogen-bond acceptors (Lipinski definition) is 3. The van der Waals surface area contributed by atoms with Crippen molar-refractivity contribution in [3.63, 3.8) is 0 Å². The summed E-state index contributed by atoms with van der Waals surface area (Å²) in [6.45, 7) is 1.89. The Morgan fingerprint density at radius 2 is 1.90 bits per heavy atom. The van der Waals surface area contributed by atoms with Crippen molar-refractivity contribution in [2.45, 2.75) is 13.0 Å². The van der Waals surface area contributed by atoms with E-state index in [0.717, 1.165) is 11.3 Å². The minimum Gasteiger partial charge on any atom is -0.497 e. The van der Waals surface area contributed by atoms with E-state index in [4.69, 9.17) is 4.74 Å². The SMILES string of the molecule is COc1ccc(C(C)NC(=O)c2ccc(=O)[nH]c2)cc1. The highest BCUT2D eigenvalue weighted by Crippen LogP contribution is 2.17. The van der Waals surface area contributed by atoms with Gasteiger partial charge in [-0.15, -0.1) is 0 Å². The van der Waals surface area contributed by atoms with E-state index in [1.807, 2.05) is 31.2 Å². The van der Waals surface area contributed by atoms with Crippen LogP contribution < -0.4 is 15.6 Å². The van der Waals surface area contributed by atoms with Crippen LogP contribution in [0, 0.1) is 0 Å².